The minimum absolute atomic E-state index is 0.203. The molecule has 0 aromatic carbocycles. The van der Waals surface area contributed by atoms with Crippen molar-refractivity contribution < 1.29 is 9.47 Å². The first-order valence-corrected chi connectivity index (χ1v) is 14.5. The number of nitrogens with zero attached hydrogens (tertiary/aromatic N) is 6. The fourth-order valence-corrected chi connectivity index (χ4v) is 9.28. The highest BCUT2D eigenvalue weighted by atomic mass is 32.1. The number of ether oxygens (including phenoxy) is 2. The molecule has 4 aromatic rings. The molecule has 39 heavy (non-hydrogen) atoms. The Bertz CT molecular complexity index is 1700. The Hall–Kier alpha value is -4.30. The molecule has 0 atom stereocenters. The molecule has 0 bridgehead atoms. The van der Waals surface area contributed by atoms with Crippen LogP contribution in [-0.4, -0.2) is 25.6 Å². The molecule has 0 radical (unpaired) electrons. The number of hydrogen-bond donors (Lipinski definition) is 0. The number of methoxy groups -OCH3 is 2. The van der Waals surface area contributed by atoms with E-state index in [1.165, 1.54) is 43.6 Å². The second-order valence-electron chi connectivity index (χ2n) is 8.66. The van der Waals surface area contributed by atoms with Gasteiger partial charge in [-0.25, -0.2) is 9.98 Å². The van der Waals surface area contributed by atoms with Crippen LogP contribution in [0.15, 0.2) is 34.3 Å². The summed E-state index contributed by atoms with van der Waals surface area (Å²) < 4.78 is 11.2. The van der Waals surface area contributed by atoms with E-state index in [4.69, 9.17) is 30.5 Å². The minimum Gasteiger partial charge on any atom is -0.495 e. The lowest BCUT2D eigenvalue weighted by Crippen LogP contribution is -2.13. The van der Waals surface area contributed by atoms with Gasteiger partial charge in [0.25, 0.3) is 0 Å². The molecule has 190 valence electrons. The molecule has 0 saturated carbocycles. The van der Waals surface area contributed by atoms with Gasteiger partial charge in [0.1, 0.15) is 45.8 Å². The molecule has 0 fully saturated rings. The molecule has 5 rings (SSSR count). The topological polar surface area (TPSA) is 138 Å². The Morgan fingerprint density at radius 2 is 1.03 bits per heavy atom. The molecule has 0 amide bonds. The van der Waals surface area contributed by atoms with Crippen LogP contribution in [0.5, 0.6) is 11.5 Å². The normalized spacial score (nSPS) is 12.2. The van der Waals surface area contributed by atoms with Gasteiger partial charge in [-0.2, -0.15) is 21.0 Å². The van der Waals surface area contributed by atoms with Gasteiger partial charge in [0, 0.05) is 37.1 Å². The summed E-state index contributed by atoms with van der Waals surface area (Å²) in [7, 11) is 3.18. The van der Waals surface area contributed by atoms with Gasteiger partial charge in [0.05, 0.1) is 24.0 Å². The maximum absolute atomic E-state index is 9.08. The van der Waals surface area contributed by atoms with E-state index in [0.717, 1.165) is 19.5 Å². The zero-order chi connectivity index (χ0) is 27.9. The number of hydrogen-bond acceptors (Lipinski definition) is 12. The highest BCUT2D eigenvalue weighted by Crippen LogP contribution is 2.60. The molecule has 8 nitrogen and oxygen atoms in total. The smallest absolute Gasteiger partial charge is 0.219 e. The van der Waals surface area contributed by atoms with Gasteiger partial charge in [-0.1, -0.05) is 13.8 Å². The summed E-state index contributed by atoms with van der Waals surface area (Å²) in [6.45, 7) is 4.40. The van der Waals surface area contributed by atoms with Crippen molar-refractivity contribution in [3.8, 4) is 65.0 Å². The quantitative estimate of drug-likeness (QED) is 0.212. The summed E-state index contributed by atoms with van der Waals surface area (Å²) in [5.74, 6) is 1.29. The van der Waals surface area contributed by atoms with Crippen molar-refractivity contribution >= 4 is 66.8 Å². The van der Waals surface area contributed by atoms with Gasteiger partial charge in [-0.15, -0.1) is 45.3 Å². The minimum atomic E-state index is -0.241. The predicted octanol–water partition coefficient (Wildman–Crippen LogP) is 7.83. The van der Waals surface area contributed by atoms with Crippen molar-refractivity contribution in [2.24, 2.45) is 9.98 Å². The van der Waals surface area contributed by atoms with Crippen LogP contribution in [0.3, 0.4) is 0 Å². The van der Waals surface area contributed by atoms with E-state index in [2.05, 4.69) is 36.0 Å². The summed E-state index contributed by atoms with van der Waals surface area (Å²) >= 11 is 6.10. The Kier molecular flexibility index (Phi) is 6.82. The molecular weight excluding hydrogens is 569 g/mol. The second kappa shape index (κ2) is 10.1. The van der Waals surface area contributed by atoms with E-state index in [1.807, 2.05) is 0 Å². The second-order valence-corrected chi connectivity index (χ2v) is 12.8. The first-order valence-electron chi connectivity index (χ1n) is 11.2. The lowest BCUT2D eigenvalue weighted by Gasteiger charge is -2.19. The average molecular weight is 585 g/mol. The monoisotopic (exact) mass is 584 g/mol. The van der Waals surface area contributed by atoms with E-state index < -0.39 is 0 Å². The van der Waals surface area contributed by atoms with Crippen molar-refractivity contribution in [3.63, 3.8) is 0 Å². The zero-order valence-electron chi connectivity index (χ0n) is 20.9. The molecule has 0 saturated heterocycles. The number of rotatable bonds is 6. The third kappa shape index (κ3) is 4.40. The van der Waals surface area contributed by atoms with Crippen molar-refractivity contribution in [2.45, 2.75) is 19.3 Å². The van der Waals surface area contributed by atoms with Crippen LogP contribution >= 0.6 is 45.3 Å². The van der Waals surface area contributed by atoms with E-state index in [9.17, 15) is 0 Å². The molecule has 0 aliphatic heterocycles. The van der Waals surface area contributed by atoms with Crippen LogP contribution < -0.4 is 9.47 Å². The van der Waals surface area contributed by atoms with Crippen molar-refractivity contribution in [1.29, 1.82) is 21.0 Å². The van der Waals surface area contributed by atoms with Gasteiger partial charge < -0.3 is 9.47 Å². The SMILES string of the molecule is COc1cc(N=C(C#N)C#N)sc1-c1cc2c(s1)-c1sc(-c3sc(N=C(C#N)C#N)cc3OC)cc1C2(C)C. The van der Waals surface area contributed by atoms with E-state index in [0.29, 0.717) is 21.5 Å². The first kappa shape index (κ1) is 26.3. The van der Waals surface area contributed by atoms with Gasteiger partial charge in [0.15, 0.2) is 0 Å². The summed E-state index contributed by atoms with van der Waals surface area (Å²) in [4.78, 5) is 14.5. The van der Waals surface area contributed by atoms with Gasteiger partial charge in [-0.05, 0) is 23.3 Å². The number of aliphatic imine (C=N–C) groups is 2. The first-order chi connectivity index (χ1) is 18.8. The lowest BCUT2D eigenvalue weighted by atomic mass is 9.84. The Morgan fingerprint density at radius 3 is 1.36 bits per heavy atom. The maximum Gasteiger partial charge on any atom is 0.219 e. The van der Waals surface area contributed by atoms with Crippen LogP contribution in [-0.2, 0) is 5.41 Å². The van der Waals surface area contributed by atoms with Crippen LogP contribution in [0, 0.1) is 45.3 Å². The molecule has 0 spiro atoms. The highest BCUT2D eigenvalue weighted by molar-refractivity contribution is 7.30. The maximum atomic E-state index is 9.08. The van der Waals surface area contributed by atoms with Crippen LogP contribution in [0.25, 0.3) is 29.3 Å². The van der Waals surface area contributed by atoms with Crippen molar-refractivity contribution in [2.75, 3.05) is 14.2 Å². The Morgan fingerprint density at radius 1 is 0.641 bits per heavy atom. The van der Waals surface area contributed by atoms with Gasteiger partial charge in [-0.3, -0.25) is 0 Å². The molecule has 1 aliphatic rings. The molecule has 12 heteroatoms. The van der Waals surface area contributed by atoms with Crippen LogP contribution in [0.1, 0.15) is 25.0 Å². The third-order valence-electron chi connectivity index (χ3n) is 6.14. The lowest BCUT2D eigenvalue weighted by molar-refractivity contribution is 0.418. The van der Waals surface area contributed by atoms with Crippen molar-refractivity contribution in [1.82, 2.24) is 0 Å². The number of thiophene rings is 4. The summed E-state index contributed by atoms with van der Waals surface area (Å²) in [6.07, 6.45) is 0. The molecule has 1 aliphatic carbocycles. The fourth-order valence-electron chi connectivity index (χ4n) is 4.27. The molecule has 4 aromatic heterocycles. The predicted molar refractivity (Wildman–Crippen MR) is 156 cm³/mol. The van der Waals surface area contributed by atoms with E-state index >= 15 is 0 Å². The molecule has 0 N–H and O–H groups in total. The fraction of sp³-hybridized carbons (Fsp3) is 0.185. The number of fused-ring (bicyclic) bond motifs is 3. The molecule has 0 unspecified atom stereocenters. The summed E-state index contributed by atoms with van der Waals surface area (Å²) in [5.41, 5.74) is 1.80. The Labute approximate surface area is 240 Å². The van der Waals surface area contributed by atoms with Gasteiger partial charge >= 0.3 is 0 Å². The van der Waals surface area contributed by atoms with Crippen molar-refractivity contribution in [3.05, 3.63) is 35.4 Å². The number of nitriles is 4. The summed E-state index contributed by atoms with van der Waals surface area (Å²) in [5, 5.41) is 37.4. The zero-order valence-corrected chi connectivity index (χ0v) is 24.2. The molecule has 4 heterocycles. The van der Waals surface area contributed by atoms with E-state index in [1.54, 1.807) is 73.3 Å². The Balaban J connectivity index is 1.59. The summed E-state index contributed by atoms with van der Waals surface area (Å²) in [6, 6.07) is 15.0. The van der Waals surface area contributed by atoms with E-state index in [-0.39, 0.29) is 16.8 Å². The van der Waals surface area contributed by atoms with Gasteiger partial charge in [0.2, 0.25) is 11.4 Å². The highest BCUT2D eigenvalue weighted by Gasteiger charge is 2.40. The molecular formula is C27H16N6O2S4. The largest absolute Gasteiger partial charge is 0.495 e. The standard InChI is InChI=1S/C27H16N6O2S4/c1-27(2)15-5-19(25-17(34-3)7-21(38-25)32-13(9-28)10-29)36-23(15)24-16(27)6-20(37-24)26-18(35-4)8-22(39-26)33-14(11-30)12-31/h5-8H,1-4H3. The van der Waals surface area contributed by atoms with Crippen LogP contribution in [0.2, 0.25) is 0 Å². The third-order valence-corrected chi connectivity index (χ3v) is 11.0. The van der Waals surface area contributed by atoms with Crippen LogP contribution in [0.4, 0.5) is 10.0 Å². The average Bonchev–Trinajstić information content (AvgIpc) is 3.74.